The lowest BCUT2D eigenvalue weighted by Gasteiger charge is -2.30. The standard InChI is InChI=1S/C28H28N2O4/c1-33-25-9-7-19-11-13-29(17-23(19)15-25)27(31)21-3-5-22(6-4-21)28(32)30-14-12-20-8-10-26(34-2)16-24(20)18-30/h3-10,15-16H,11-14,17-18H2,1-2H3. The first-order chi connectivity index (χ1) is 16.6. The highest BCUT2D eigenvalue weighted by molar-refractivity contribution is 5.98. The number of ether oxygens (including phenoxy) is 2. The summed E-state index contributed by atoms with van der Waals surface area (Å²) in [5.41, 5.74) is 5.94. The molecule has 0 saturated heterocycles. The summed E-state index contributed by atoms with van der Waals surface area (Å²) in [5.74, 6) is 1.56. The third-order valence-corrected chi connectivity index (χ3v) is 6.80. The molecule has 2 amide bonds. The van der Waals surface area contributed by atoms with Crippen molar-refractivity contribution in [2.75, 3.05) is 27.3 Å². The fourth-order valence-electron chi connectivity index (χ4n) is 4.79. The molecule has 3 aromatic rings. The maximum absolute atomic E-state index is 13.1. The number of fused-ring (bicyclic) bond motifs is 2. The van der Waals surface area contributed by atoms with E-state index in [0.717, 1.165) is 35.5 Å². The van der Waals surface area contributed by atoms with Gasteiger partial charge in [-0.05, 0) is 83.6 Å². The first-order valence-corrected chi connectivity index (χ1v) is 11.6. The average molecular weight is 457 g/mol. The summed E-state index contributed by atoms with van der Waals surface area (Å²) in [6, 6.07) is 19.1. The molecule has 0 aromatic heterocycles. The van der Waals surface area contributed by atoms with E-state index in [-0.39, 0.29) is 11.8 Å². The number of nitrogens with zero attached hydrogens (tertiary/aromatic N) is 2. The Hall–Kier alpha value is -3.80. The van der Waals surface area contributed by atoms with Crippen molar-refractivity contribution >= 4 is 11.8 Å². The van der Waals surface area contributed by atoms with Crippen LogP contribution in [0.25, 0.3) is 0 Å². The second-order valence-electron chi connectivity index (χ2n) is 8.80. The molecule has 0 saturated carbocycles. The van der Waals surface area contributed by atoms with Crippen LogP contribution in [-0.2, 0) is 25.9 Å². The quantitative estimate of drug-likeness (QED) is 0.593. The highest BCUT2D eigenvalue weighted by atomic mass is 16.5. The molecular weight excluding hydrogens is 428 g/mol. The summed E-state index contributed by atoms with van der Waals surface area (Å²) >= 11 is 0. The van der Waals surface area contributed by atoms with Crippen LogP contribution in [0.5, 0.6) is 11.5 Å². The number of amides is 2. The third-order valence-electron chi connectivity index (χ3n) is 6.80. The topological polar surface area (TPSA) is 59.1 Å². The van der Waals surface area contributed by atoms with Crippen molar-refractivity contribution in [3.63, 3.8) is 0 Å². The molecule has 0 fully saturated rings. The lowest BCUT2D eigenvalue weighted by atomic mass is 9.98. The second-order valence-corrected chi connectivity index (χ2v) is 8.80. The van der Waals surface area contributed by atoms with E-state index < -0.39 is 0 Å². The van der Waals surface area contributed by atoms with Crippen molar-refractivity contribution in [1.82, 2.24) is 9.80 Å². The minimum atomic E-state index is -0.0218. The molecule has 0 atom stereocenters. The van der Waals surface area contributed by atoms with Crippen molar-refractivity contribution in [2.45, 2.75) is 25.9 Å². The lowest BCUT2D eigenvalue weighted by molar-refractivity contribution is 0.0723. The maximum Gasteiger partial charge on any atom is 0.254 e. The average Bonchev–Trinajstić information content (AvgIpc) is 2.91. The number of hydrogen-bond acceptors (Lipinski definition) is 4. The molecule has 0 aliphatic carbocycles. The van der Waals surface area contributed by atoms with Gasteiger partial charge in [0.15, 0.2) is 0 Å². The molecule has 2 heterocycles. The van der Waals surface area contributed by atoms with Gasteiger partial charge in [0.2, 0.25) is 0 Å². The largest absolute Gasteiger partial charge is 0.497 e. The molecule has 0 bridgehead atoms. The van der Waals surface area contributed by atoms with E-state index in [9.17, 15) is 9.59 Å². The van der Waals surface area contributed by atoms with Gasteiger partial charge in [0.1, 0.15) is 11.5 Å². The van der Waals surface area contributed by atoms with Gasteiger partial charge in [0, 0.05) is 37.3 Å². The first-order valence-electron chi connectivity index (χ1n) is 11.6. The van der Waals surface area contributed by atoms with Crippen molar-refractivity contribution in [3.05, 3.63) is 94.0 Å². The van der Waals surface area contributed by atoms with Crippen LogP contribution in [0.4, 0.5) is 0 Å². The molecule has 0 radical (unpaired) electrons. The van der Waals surface area contributed by atoms with Crippen LogP contribution in [0.15, 0.2) is 60.7 Å². The van der Waals surface area contributed by atoms with Gasteiger partial charge >= 0.3 is 0 Å². The Balaban J connectivity index is 1.27. The lowest BCUT2D eigenvalue weighted by Crippen LogP contribution is -2.36. The monoisotopic (exact) mass is 456 g/mol. The highest BCUT2D eigenvalue weighted by Gasteiger charge is 2.24. The molecule has 2 aliphatic rings. The molecule has 174 valence electrons. The number of rotatable bonds is 4. The maximum atomic E-state index is 13.1. The summed E-state index contributed by atoms with van der Waals surface area (Å²) in [5, 5.41) is 0. The second kappa shape index (κ2) is 9.21. The summed E-state index contributed by atoms with van der Waals surface area (Å²) in [6.45, 7) is 2.47. The van der Waals surface area contributed by atoms with Crippen LogP contribution in [0, 0.1) is 0 Å². The molecular formula is C28H28N2O4. The van der Waals surface area contributed by atoms with E-state index in [1.54, 1.807) is 38.5 Å². The Morgan fingerprint density at radius 1 is 0.618 bits per heavy atom. The molecule has 2 aliphatic heterocycles. The van der Waals surface area contributed by atoms with E-state index >= 15 is 0 Å². The molecule has 0 N–H and O–H groups in total. The normalized spacial score (nSPS) is 14.8. The van der Waals surface area contributed by atoms with Gasteiger partial charge in [-0.1, -0.05) is 12.1 Å². The van der Waals surface area contributed by atoms with Gasteiger partial charge in [-0.15, -0.1) is 0 Å². The summed E-state index contributed by atoms with van der Waals surface area (Å²) in [7, 11) is 3.30. The van der Waals surface area contributed by atoms with Gasteiger partial charge in [-0.3, -0.25) is 9.59 Å². The smallest absolute Gasteiger partial charge is 0.254 e. The molecule has 0 spiro atoms. The van der Waals surface area contributed by atoms with Gasteiger partial charge < -0.3 is 19.3 Å². The SMILES string of the molecule is COc1ccc2c(c1)CN(C(=O)c1ccc(C(=O)N3CCc4ccc(OC)cc4C3)cc1)CC2. The van der Waals surface area contributed by atoms with Crippen LogP contribution in [0.3, 0.4) is 0 Å². The van der Waals surface area contributed by atoms with E-state index in [1.165, 1.54) is 11.1 Å². The van der Waals surface area contributed by atoms with Gasteiger partial charge in [-0.2, -0.15) is 0 Å². The van der Waals surface area contributed by atoms with Crippen LogP contribution < -0.4 is 9.47 Å². The Morgan fingerprint density at radius 3 is 1.41 bits per heavy atom. The van der Waals surface area contributed by atoms with Gasteiger partial charge in [-0.25, -0.2) is 0 Å². The van der Waals surface area contributed by atoms with E-state index in [1.807, 2.05) is 34.1 Å². The molecule has 0 unspecified atom stereocenters. The molecule has 3 aromatic carbocycles. The van der Waals surface area contributed by atoms with Gasteiger partial charge in [0.25, 0.3) is 11.8 Å². The van der Waals surface area contributed by atoms with E-state index in [0.29, 0.717) is 37.3 Å². The van der Waals surface area contributed by atoms with Crippen LogP contribution in [-0.4, -0.2) is 48.9 Å². The number of methoxy groups -OCH3 is 2. The molecule has 6 heteroatoms. The van der Waals surface area contributed by atoms with Crippen LogP contribution in [0.2, 0.25) is 0 Å². The Kier molecular flexibility index (Phi) is 5.97. The zero-order valence-corrected chi connectivity index (χ0v) is 19.5. The summed E-state index contributed by atoms with van der Waals surface area (Å²) < 4.78 is 10.7. The third kappa shape index (κ3) is 4.23. The molecule has 6 nitrogen and oxygen atoms in total. The van der Waals surface area contributed by atoms with Crippen molar-refractivity contribution < 1.29 is 19.1 Å². The van der Waals surface area contributed by atoms with E-state index in [2.05, 4.69) is 12.1 Å². The molecule has 5 rings (SSSR count). The fraction of sp³-hybridized carbons (Fsp3) is 0.286. The fourth-order valence-corrected chi connectivity index (χ4v) is 4.79. The van der Waals surface area contributed by atoms with E-state index in [4.69, 9.17) is 9.47 Å². The number of benzene rings is 3. The Morgan fingerprint density at radius 2 is 1.03 bits per heavy atom. The Bertz CT molecular complexity index is 1140. The van der Waals surface area contributed by atoms with Crippen molar-refractivity contribution in [3.8, 4) is 11.5 Å². The van der Waals surface area contributed by atoms with Crippen LogP contribution >= 0.6 is 0 Å². The predicted octanol–water partition coefficient (Wildman–Crippen LogP) is 4.10. The van der Waals surface area contributed by atoms with Crippen LogP contribution in [0.1, 0.15) is 43.0 Å². The number of carbonyl (C=O) groups is 2. The van der Waals surface area contributed by atoms with Gasteiger partial charge in [0.05, 0.1) is 14.2 Å². The first kappa shape index (κ1) is 22.0. The highest BCUT2D eigenvalue weighted by Crippen LogP contribution is 2.26. The summed E-state index contributed by atoms with van der Waals surface area (Å²) in [4.78, 5) is 30.0. The number of hydrogen-bond donors (Lipinski definition) is 0. The zero-order valence-electron chi connectivity index (χ0n) is 19.5. The molecule has 34 heavy (non-hydrogen) atoms. The number of carbonyl (C=O) groups excluding carboxylic acids is 2. The van der Waals surface area contributed by atoms with Crippen molar-refractivity contribution in [2.24, 2.45) is 0 Å². The summed E-state index contributed by atoms with van der Waals surface area (Å²) in [6.07, 6.45) is 1.64. The minimum absolute atomic E-state index is 0.0218. The zero-order chi connectivity index (χ0) is 23.7. The predicted molar refractivity (Wildman–Crippen MR) is 129 cm³/mol. The Labute approximate surface area is 199 Å². The minimum Gasteiger partial charge on any atom is -0.497 e. The van der Waals surface area contributed by atoms with Crippen molar-refractivity contribution in [1.29, 1.82) is 0 Å².